The number of thiocarbonyl (C=S) groups is 1. The van der Waals surface area contributed by atoms with Crippen LogP contribution in [0.3, 0.4) is 0 Å². The van der Waals surface area contributed by atoms with Gasteiger partial charge in [0.05, 0.1) is 6.26 Å². The number of hydrazone groups is 1. The molecular formula is C12H19N3O2S. The second-order valence-corrected chi connectivity index (χ2v) is 4.00. The second-order valence-electron chi connectivity index (χ2n) is 3.59. The van der Waals surface area contributed by atoms with Gasteiger partial charge in [0.1, 0.15) is 11.5 Å². The maximum absolute atomic E-state index is 5.22. The number of nitrogens with zero attached hydrogens (tertiary/aromatic N) is 1. The Hall–Kier alpha value is -1.40. The van der Waals surface area contributed by atoms with Gasteiger partial charge in [0.15, 0.2) is 5.11 Å². The molecule has 2 N–H and O–H groups in total. The van der Waals surface area contributed by atoms with E-state index in [1.165, 1.54) is 0 Å². The van der Waals surface area contributed by atoms with E-state index < -0.39 is 0 Å². The van der Waals surface area contributed by atoms with Crippen LogP contribution in [0, 0.1) is 0 Å². The molecule has 1 rings (SSSR count). The van der Waals surface area contributed by atoms with Crippen LogP contribution in [0.15, 0.2) is 27.9 Å². The summed E-state index contributed by atoms with van der Waals surface area (Å²) in [7, 11) is 0. The van der Waals surface area contributed by atoms with Crippen LogP contribution in [0.5, 0.6) is 0 Å². The molecule has 1 aromatic heterocycles. The van der Waals surface area contributed by atoms with E-state index in [1.54, 1.807) is 6.26 Å². The van der Waals surface area contributed by atoms with E-state index in [2.05, 4.69) is 15.8 Å². The van der Waals surface area contributed by atoms with Crippen LogP contribution >= 0.6 is 12.2 Å². The quantitative estimate of drug-likeness (QED) is 0.343. The molecule has 0 aliphatic rings. The topological polar surface area (TPSA) is 58.8 Å². The molecule has 1 aromatic rings. The van der Waals surface area contributed by atoms with Crippen LogP contribution < -0.4 is 10.7 Å². The zero-order chi connectivity index (χ0) is 13.2. The zero-order valence-electron chi connectivity index (χ0n) is 10.7. The number of hydrogen-bond acceptors (Lipinski definition) is 4. The second kappa shape index (κ2) is 8.66. The summed E-state index contributed by atoms with van der Waals surface area (Å²) in [5.74, 6) is 0.724. The summed E-state index contributed by atoms with van der Waals surface area (Å²) >= 11 is 5.08. The van der Waals surface area contributed by atoms with Gasteiger partial charge in [0, 0.05) is 19.8 Å². The Morgan fingerprint density at radius 1 is 1.56 bits per heavy atom. The Labute approximate surface area is 113 Å². The van der Waals surface area contributed by atoms with E-state index in [0.717, 1.165) is 37.7 Å². The summed E-state index contributed by atoms with van der Waals surface area (Å²) in [6, 6.07) is 3.66. The van der Waals surface area contributed by atoms with Crippen molar-refractivity contribution in [3.05, 3.63) is 24.2 Å². The van der Waals surface area contributed by atoms with E-state index in [0.29, 0.717) is 5.11 Å². The number of furan rings is 1. The van der Waals surface area contributed by atoms with Crippen LogP contribution in [0.25, 0.3) is 0 Å². The highest BCUT2D eigenvalue weighted by Crippen LogP contribution is 2.00. The van der Waals surface area contributed by atoms with Gasteiger partial charge in [-0.25, -0.2) is 0 Å². The van der Waals surface area contributed by atoms with Gasteiger partial charge in [0.2, 0.25) is 0 Å². The largest absolute Gasteiger partial charge is 0.463 e. The summed E-state index contributed by atoms with van der Waals surface area (Å²) in [5.41, 5.74) is 3.52. The highest BCUT2D eigenvalue weighted by Gasteiger charge is 2.00. The van der Waals surface area contributed by atoms with Gasteiger partial charge in [-0.3, -0.25) is 5.43 Å². The van der Waals surface area contributed by atoms with Gasteiger partial charge >= 0.3 is 0 Å². The summed E-state index contributed by atoms with van der Waals surface area (Å²) in [4.78, 5) is 0. The van der Waals surface area contributed by atoms with Gasteiger partial charge in [-0.1, -0.05) is 0 Å². The van der Waals surface area contributed by atoms with Crippen LogP contribution in [0.1, 0.15) is 26.0 Å². The Morgan fingerprint density at radius 2 is 2.39 bits per heavy atom. The van der Waals surface area contributed by atoms with Gasteiger partial charge in [-0.2, -0.15) is 5.10 Å². The third-order valence-corrected chi connectivity index (χ3v) is 2.39. The van der Waals surface area contributed by atoms with Crippen LogP contribution in [-0.4, -0.2) is 30.6 Å². The molecule has 18 heavy (non-hydrogen) atoms. The van der Waals surface area contributed by atoms with Crippen LogP contribution in [0.4, 0.5) is 0 Å². The molecular weight excluding hydrogens is 250 g/mol. The maximum Gasteiger partial charge on any atom is 0.186 e. The summed E-state index contributed by atoms with van der Waals surface area (Å²) in [6.45, 7) is 6.08. The number of nitrogens with one attached hydrogen (secondary N) is 2. The Balaban J connectivity index is 2.18. The summed E-state index contributed by atoms with van der Waals surface area (Å²) in [5, 5.41) is 7.66. The van der Waals surface area contributed by atoms with E-state index >= 15 is 0 Å². The summed E-state index contributed by atoms with van der Waals surface area (Å²) < 4.78 is 10.4. The fraction of sp³-hybridized carbons (Fsp3) is 0.500. The molecule has 0 aromatic carbocycles. The lowest BCUT2D eigenvalue weighted by Gasteiger charge is -2.07. The lowest BCUT2D eigenvalue weighted by atomic mass is 10.3. The van der Waals surface area contributed by atoms with Gasteiger partial charge in [0.25, 0.3) is 0 Å². The van der Waals surface area contributed by atoms with Crippen molar-refractivity contribution in [2.45, 2.75) is 20.3 Å². The van der Waals surface area contributed by atoms with E-state index in [-0.39, 0.29) is 0 Å². The fourth-order valence-electron chi connectivity index (χ4n) is 1.23. The molecule has 0 saturated heterocycles. The van der Waals surface area contributed by atoms with E-state index in [1.807, 2.05) is 26.0 Å². The third-order valence-electron chi connectivity index (χ3n) is 2.16. The zero-order valence-corrected chi connectivity index (χ0v) is 11.5. The molecule has 6 heteroatoms. The molecule has 0 atom stereocenters. The lowest BCUT2D eigenvalue weighted by molar-refractivity contribution is 0.145. The molecule has 0 unspecified atom stereocenters. The Kier molecular flexibility index (Phi) is 7.05. The first kappa shape index (κ1) is 14.7. The van der Waals surface area contributed by atoms with Crippen molar-refractivity contribution in [1.82, 2.24) is 10.7 Å². The maximum atomic E-state index is 5.22. The minimum Gasteiger partial charge on any atom is -0.463 e. The van der Waals surface area contributed by atoms with Gasteiger partial charge in [-0.15, -0.1) is 0 Å². The molecule has 5 nitrogen and oxygen atoms in total. The SMILES string of the molecule is CCOCCCNC(=S)N/N=C(/C)c1ccco1. The predicted octanol–water partition coefficient (Wildman–Crippen LogP) is 1.89. The molecule has 1 heterocycles. The number of hydrogen-bond donors (Lipinski definition) is 2. The van der Waals surface area contributed by atoms with Crippen molar-refractivity contribution in [2.24, 2.45) is 5.10 Å². The smallest absolute Gasteiger partial charge is 0.186 e. The molecule has 0 radical (unpaired) electrons. The molecule has 0 saturated carbocycles. The standard InChI is InChI=1S/C12H19N3O2S/c1-3-16-8-5-7-13-12(18)15-14-10(2)11-6-4-9-17-11/h4,6,9H,3,5,7-8H2,1-2H3,(H2,13,15,18)/b14-10-. The van der Waals surface area contributed by atoms with Crippen molar-refractivity contribution in [1.29, 1.82) is 0 Å². The average Bonchev–Trinajstić information content (AvgIpc) is 2.89. The first-order valence-electron chi connectivity index (χ1n) is 5.93. The molecule has 0 amide bonds. The van der Waals surface area contributed by atoms with Gasteiger partial charge in [-0.05, 0) is 44.6 Å². The first-order chi connectivity index (χ1) is 8.74. The molecule has 0 fully saturated rings. The van der Waals surface area contributed by atoms with Crippen molar-refractivity contribution < 1.29 is 9.15 Å². The monoisotopic (exact) mass is 269 g/mol. The van der Waals surface area contributed by atoms with Crippen molar-refractivity contribution >= 4 is 23.0 Å². The summed E-state index contributed by atoms with van der Waals surface area (Å²) in [6.07, 6.45) is 2.52. The Morgan fingerprint density at radius 3 is 3.06 bits per heavy atom. The Bertz CT molecular complexity index is 377. The molecule has 0 aliphatic heterocycles. The van der Waals surface area contributed by atoms with Crippen molar-refractivity contribution in [3.63, 3.8) is 0 Å². The van der Waals surface area contributed by atoms with Crippen LogP contribution in [-0.2, 0) is 4.74 Å². The normalized spacial score (nSPS) is 11.3. The third kappa shape index (κ3) is 5.79. The van der Waals surface area contributed by atoms with Crippen LogP contribution in [0.2, 0.25) is 0 Å². The molecule has 0 spiro atoms. The number of ether oxygens (including phenoxy) is 1. The fourth-order valence-corrected chi connectivity index (χ4v) is 1.38. The average molecular weight is 269 g/mol. The minimum atomic E-state index is 0.498. The molecule has 0 bridgehead atoms. The van der Waals surface area contributed by atoms with E-state index in [4.69, 9.17) is 21.4 Å². The lowest BCUT2D eigenvalue weighted by Crippen LogP contribution is -2.33. The molecule has 0 aliphatic carbocycles. The molecule has 100 valence electrons. The minimum absolute atomic E-state index is 0.498. The van der Waals surface area contributed by atoms with Gasteiger partial charge < -0.3 is 14.5 Å². The number of rotatable bonds is 7. The van der Waals surface area contributed by atoms with E-state index in [9.17, 15) is 0 Å². The van der Waals surface area contributed by atoms with Crippen molar-refractivity contribution in [2.75, 3.05) is 19.8 Å². The predicted molar refractivity (Wildman–Crippen MR) is 75.8 cm³/mol. The van der Waals surface area contributed by atoms with Crippen molar-refractivity contribution in [3.8, 4) is 0 Å². The highest BCUT2D eigenvalue weighted by atomic mass is 32.1. The highest BCUT2D eigenvalue weighted by molar-refractivity contribution is 7.80. The first-order valence-corrected chi connectivity index (χ1v) is 6.34.